The zero-order chi connectivity index (χ0) is 36.8. The van der Waals surface area contributed by atoms with Crippen LogP contribution in [0.5, 0.6) is 0 Å². The van der Waals surface area contributed by atoms with Gasteiger partial charge in [0.15, 0.2) is 0 Å². The number of carbonyl (C=O) groups is 5. The Labute approximate surface area is 294 Å². The first kappa shape index (κ1) is 38.2. The van der Waals surface area contributed by atoms with E-state index in [4.69, 9.17) is 18.3 Å². The van der Waals surface area contributed by atoms with Crippen molar-refractivity contribution in [1.29, 1.82) is 0 Å². The normalized spacial score (nSPS) is 18.9. The van der Waals surface area contributed by atoms with Crippen molar-refractivity contribution >= 4 is 80.8 Å². The van der Waals surface area contributed by atoms with Crippen molar-refractivity contribution in [3.63, 3.8) is 0 Å². The first-order valence-electron chi connectivity index (χ1n) is 16.8. The number of Topliss-reactive ketones (excluding diaryl/α,β-unsaturated/α-hetero) is 1. The molecule has 46 heavy (non-hydrogen) atoms. The van der Waals surface area contributed by atoms with Crippen molar-refractivity contribution < 1.29 is 42.3 Å². The largest absolute Gasteiger partial charge is 0.462 e. The molecule has 8 atom stereocenters. The third-order valence-corrected chi connectivity index (χ3v) is 10.2. The standard InChI is InChI=1S/C28H54N5O8P3S2/c1-22(34)15-32(17-27(37)40-20-43)11-9-31(8-5-26(36)39-19-42)10-12-33(18-28(38)41-21-44)16-25(35)30-7-14-46-24-4-3-23(24)45-13-6-29-2/h23-24,29H,3-21,42-44H2,1-2H3,(H,30,35)/i19T,20T,21T. The Bertz CT molecular complexity index is 1030. The zero-order valence-electron chi connectivity index (χ0n) is 29.9. The summed E-state index contributed by atoms with van der Waals surface area (Å²) in [5, 5.41) is 7.32. The highest BCUT2D eigenvalue weighted by molar-refractivity contribution is 8.04. The molecule has 1 rings (SSSR count). The Kier molecular flexibility index (Phi) is 22.6. The van der Waals surface area contributed by atoms with E-state index in [0.29, 0.717) is 23.6 Å². The van der Waals surface area contributed by atoms with Gasteiger partial charge in [-0.1, -0.05) is 27.7 Å². The second-order valence-electron chi connectivity index (χ2n) is 10.4. The lowest BCUT2D eigenvalue weighted by molar-refractivity contribution is -0.144. The van der Waals surface area contributed by atoms with E-state index < -0.39 is 36.9 Å². The molecular weight excluding hydrogens is 691 g/mol. The van der Waals surface area contributed by atoms with Crippen LogP contribution in [0.4, 0.5) is 0 Å². The van der Waals surface area contributed by atoms with Crippen LogP contribution in [0, 0.1) is 0 Å². The molecule has 13 nitrogen and oxygen atoms in total. The Morgan fingerprint density at radius 3 is 1.67 bits per heavy atom. The average molecular weight is 752 g/mol. The molecule has 0 aromatic heterocycles. The van der Waals surface area contributed by atoms with E-state index in [1.807, 2.05) is 44.7 Å². The van der Waals surface area contributed by atoms with Gasteiger partial charge in [-0.25, -0.2) is 0 Å². The van der Waals surface area contributed by atoms with E-state index in [9.17, 15) is 24.0 Å². The number of amides is 1. The van der Waals surface area contributed by atoms with Crippen LogP contribution >= 0.6 is 51.2 Å². The van der Waals surface area contributed by atoms with E-state index in [1.54, 1.807) is 9.80 Å². The number of ether oxygens (including phenoxy) is 3. The van der Waals surface area contributed by atoms with Crippen LogP contribution in [-0.2, 0) is 38.2 Å². The molecule has 266 valence electrons. The Hall–Kier alpha value is -0.620. The molecular formula is C28H54N5O8P3S2. The summed E-state index contributed by atoms with van der Waals surface area (Å²) in [5.41, 5.74) is 0. The summed E-state index contributed by atoms with van der Waals surface area (Å²) < 4.78 is 37.2. The molecule has 1 aliphatic rings. The van der Waals surface area contributed by atoms with E-state index in [0.717, 1.165) is 18.1 Å². The molecule has 0 saturated heterocycles. The van der Waals surface area contributed by atoms with Crippen LogP contribution in [0.2, 0.25) is 0 Å². The lowest BCUT2D eigenvalue weighted by Gasteiger charge is -2.35. The summed E-state index contributed by atoms with van der Waals surface area (Å²) in [6.45, 7) is 3.49. The van der Waals surface area contributed by atoms with E-state index in [1.165, 1.54) is 19.8 Å². The fourth-order valence-electron chi connectivity index (χ4n) is 4.41. The van der Waals surface area contributed by atoms with Gasteiger partial charge in [0, 0.05) is 67.8 Å². The quantitative estimate of drug-likeness (QED) is 0.0490. The van der Waals surface area contributed by atoms with Gasteiger partial charge >= 0.3 is 17.9 Å². The molecule has 0 radical (unpaired) electrons. The number of ketones is 1. The minimum atomic E-state index is -1.15. The summed E-state index contributed by atoms with van der Waals surface area (Å²) >= 11 is 3.85. The van der Waals surface area contributed by atoms with Gasteiger partial charge in [0.05, 0.1) is 36.7 Å². The fraction of sp³-hybridized carbons (Fsp3) is 0.821. The molecule has 0 aromatic carbocycles. The Morgan fingerprint density at radius 1 is 0.717 bits per heavy atom. The predicted octanol–water partition coefficient (Wildman–Crippen LogP) is 0.332. The molecule has 18 heteroatoms. The number of nitrogens with zero attached hydrogens (tertiary/aromatic N) is 3. The van der Waals surface area contributed by atoms with Crippen LogP contribution in [0.1, 0.15) is 30.3 Å². The van der Waals surface area contributed by atoms with Crippen molar-refractivity contribution in [3.05, 3.63) is 0 Å². The van der Waals surface area contributed by atoms with Crippen molar-refractivity contribution in [1.82, 2.24) is 25.3 Å². The molecule has 1 amide bonds. The molecule has 0 bridgehead atoms. The summed E-state index contributed by atoms with van der Waals surface area (Å²) in [5.74, 6) is -0.513. The van der Waals surface area contributed by atoms with Crippen LogP contribution in [0.3, 0.4) is 0 Å². The lowest BCUT2D eigenvalue weighted by Crippen LogP contribution is -2.46. The Balaban J connectivity index is 2.85. The molecule has 1 fully saturated rings. The first-order chi connectivity index (χ1) is 23.2. The van der Waals surface area contributed by atoms with Gasteiger partial charge in [0.1, 0.15) is 24.8 Å². The van der Waals surface area contributed by atoms with Gasteiger partial charge in [0.2, 0.25) is 5.91 Å². The van der Waals surface area contributed by atoms with Crippen molar-refractivity contribution in [2.75, 3.05) is 110 Å². The van der Waals surface area contributed by atoms with Crippen molar-refractivity contribution in [3.8, 4) is 0 Å². The molecule has 0 spiro atoms. The number of hydrogen-bond acceptors (Lipinski definition) is 14. The number of rotatable bonds is 28. The topological polar surface area (TPSA) is 147 Å². The van der Waals surface area contributed by atoms with Gasteiger partial charge in [-0.15, -0.1) is 0 Å². The highest BCUT2D eigenvalue weighted by Crippen LogP contribution is 2.39. The highest BCUT2D eigenvalue weighted by Gasteiger charge is 2.31. The molecule has 1 aliphatic carbocycles. The van der Waals surface area contributed by atoms with Crippen molar-refractivity contribution in [2.45, 2.75) is 36.7 Å². The molecule has 8 unspecified atom stereocenters. The first-order valence-corrected chi connectivity index (χ1v) is 19.2. The van der Waals surface area contributed by atoms with Gasteiger partial charge in [-0.3, -0.25) is 33.8 Å². The zero-order valence-corrected chi connectivity index (χ0v) is 32.0. The number of nitrogens with one attached hydrogen (secondary N) is 2. The van der Waals surface area contributed by atoms with Gasteiger partial charge in [-0.2, -0.15) is 23.5 Å². The second-order valence-corrected chi connectivity index (χ2v) is 14.0. The molecule has 0 heterocycles. The van der Waals surface area contributed by atoms with Crippen molar-refractivity contribution in [2.24, 2.45) is 0 Å². The van der Waals surface area contributed by atoms with Crippen LogP contribution in [-0.4, -0.2) is 164 Å². The fourth-order valence-corrected chi connectivity index (χ4v) is 7.79. The van der Waals surface area contributed by atoms with Crippen LogP contribution < -0.4 is 10.6 Å². The highest BCUT2D eigenvalue weighted by atomic mass is 32.2. The van der Waals surface area contributed by atoms with E-state index in [-0.39, 0.29) is 70.5 Å². The third-order valence-electron chi connectivity index (χ3n) is 6.80. The maximum absolute atomic E-state index is 12.9. The molecule has 1 saturated carbocycles. The minimum Gasteiger partial charge on any atom is -0.462 e. The molecule has 0 aromatic rings. The maximum atomic E-state index is 12.9. The lowest BCUT2D eigenvalue weighted by atomic mass is 9.99. The second kappa shape index (κ2) is 27.2. The molecule has 0 aliphatic heterocycles. The third kappa shape index (κ3) is 21.4. The predicted molar refractivity (Wildman–Crippen MR) is 195 cm³/mol. The van der Waals surface area contributed by atoms with Gasteiger partial charge < -0.3 is 29.7 Å². The minimum absolute atomic E-state index is 0.0333. The smallest absolute Gasteiger partial charge is 0.320 e. The summed E-state index contributed by atoms with van der Waals surface area (Å²) in [4.78, 5) is 66.8. The Morgan fingerprint density at radius 2 is 1.20 bits per heavy atom. The molecule has 2 N–H and O–H groups in total. The summed E-state index contributed by atoms with van der Waals surface area (Å²) in [6.07, 6.45) is -1.05. The summed E-state index contributed by atoms with van der Waals surface area (Å²) in [6, 6.07) is 0. The number of hydrogen-bond donors (Lipinski definition) is 2. The van der Waals surface area contributed by atoms with Gasteiger partial charge in [0.25, 0.3) is 0 Å². The number of carbonyl (C=O) groups excluding carboxylic acids is 5. The SMILES string of the molecule is [3H]C(P)OC(=O)CCN(CCN(CC(C)=O)CC(=O)OC([3H])P)CCN(CC(=O)NCCSC1CCC1SCCNC)CC(=O)OC([3H])P. The van der Waals surface area contributed by atoms with Crippen LogP contribution in [0.25, 0.3) is 0 Å². The average Bonchev–Trinajstić information content (AvgIpc) is 2.96. The number of esters is 3. The van der Waals surface area contributed by atoms with E-state index in [2.05, 4.69) is 29.1 Å². The van der Waals surface area contributed by atoms with Gasteiger partial charge in [-0.05, 0) is 26.8 Å². The maximum Gasteiger partial charge on any atom is 0.320 e. The van der Waals surface area contributed by atoms with E-state index >= 15 is 0 Å². The van der Waals surface area contributed by atoms with Crippen LogP contribution in [0.15, 0.2) is 0 Å². The monoisotopic (exact) mass is 751 g/mol. The number of thioether (sulfide) groups is 2. The summed E-state index contributed by atoms with van der Waals surface area (Å²) in [7, 11) is 8.12.